The van der Waals surface area contributed by atoms with Crippen molar-refractivity contribution in [1.82, 2.24) is 0 Å². The Labute approximate surface area is 324 Å². The van der Waals surface area contributed by atoms with Gasteiger partial charge in [-0.05, 0) is 6.42 Å². The molecule has 0 aromatic carbocycles. The van der Waals surface area contributed by atoms with Crippen molar-refractivity contribution in [1.29, 1.82) is 0 Å². The summed E-state index contributed by atoms with van der Waals surface area (Å²) in [6.45, 7) is 6.89. The van der Waals surface area contributed by atoms with Crippen LogP contribution in [0.25, 0.3) is 0 Å². The summed E-state index contributed by atoms with van der Waals surface area (Å²) in [5.74, 6) is -0.651. The van der Waals surface area contributed by atoms with Gasteiger partial charge >= 0.3 is 5.97 Å². The van der Waals surface area contributed by atoms with Crippen LogP contribution in [0.15, 0.2) is 0 Å². The molecule has 0 atom stereocenters. The van der Waals surface area contributed by atoms with Crippen molar-refractivity contribution in [3.05, 3.63) is 0 Å². The Morgan fingerprint density at radius 3 is 0.471 bits per heavy atom. The second-order valence-electron chi connectivity index (χ2n) is 16.6. The molecule has 0 amide bonds. The SMILES string of the molecule is CCCCCCCCCCCCCCCCCCCCCC(=O)O.CCCCCCCCCCCCCCCCCCCCCCCCCCC. The van der Waals surface area contributed by atoms with Crippen molar-refractivity contribution in [2.75, 3.05) is 0 Å². The topological polar surface area (TPSA) is 37.3 Å². The van der Waals surface area contributed by atoms with Gasteiger partial charge in [-0.3, -0.25) is 4.79 Å². The molecule has 0 saturated heterocycles. The van der Waals surface area contributed by atoms with E-state index in [0.29, 0.717) is 6.42 Å². The average Bonchev–Trinajstić information content (AvgIpc) is 3.13. The zero-order valence-corrected chi connectivity index (χ0v) is 36.2. The van der Waals surface area contributed by atoms with Crippen LogP contribution in [0.1, 0.15) is 310 Å². The molecule has 0 unspecified atom stereocenters. The summed E-state index contributed by atoms with van der Waals surface area (Å²) in [7, 11) is 0. The predicted molar refractivity (Wildman–Crippen MR) is 232 cm³/mol. The van der Waals surface area contributed by atoms with Crippen LogP contribution in [0.2, 0.25) is 0 Å². The van der Waals surface area contributed by atoms with E-state index in [9.17, 15) is 4.79 Å². The van der Waals surface area contributed by atoms with Gasteiger partial charge in [-0.25, -0.2) is 0 Å². The van der Waals surface area contributed by atoms with E-state index in [1.807, 2.05) is 0 Å². The molecule has 2 heteroatoms. The average molecular weight is 721 g/mol. The van der Waals surface area contributed by atoms with E-state index >= 15 is 0 Å². The lowest BCUT2D eigenvalue weighted by Gasteiger charge is -2.04. The minimum absolute atomic E-state index is 0.346. The first-order chi connectivity index (χ1) is 25.2. The fraction of sp³-hybridized carbons (Fsp3) is 0.980. The Bertz CT molecular complexity index is 563. The maximum absolute atomic E-state index is 10.4. The second-order valence-corrected chi connectivity index (χ2v) is 16.6. The number of aliphatic carboxylic acids is 1. The van der Waals surface area contributed by atoms with Gasteiger partial charge in [0.25, 0.3) is 0 Å². The Morgan fingerprint density at radius 1 is 0.235 bits per heavy atom. The van der Waals surface area contributed by atoms with E-state index in [-0.39, 0.29) is 0 Å². The van der Waals surface area contributed by atoms with Gasteiger partial charge in [0.05, 0.1) is 0 Å². The highest BCUT2D eigenvalue weighted by atomic mass is 16.4. The quantitative estimate of drug-likeness (QED) is 0.0636. The minimum atomic E-state index is -0.651. The number of carboxylic acid groups (broad SMARTS) is 1. The molecule has 0 heterocycles. The number of carboxylic acids is 1. The maximum Gasteiger partial charge on any atom is 0.303 e. The Morgan fingerprint density at radius 2 is 0.353 bits per heavy atom. The lowest BCUT2D eigenvalue weighted by molar-refractivity contribution is -0.137. The van der Waals surface area contributed by atoms with Crippen molar-refractivity contribution in [2.45, 2.75) is 310 Å². The Balaban J connectivity index is 0. The van der Waals surface area contributed by atoms with Crippen LogP contribution in [0, 0.1) is 0 Å². The zero-order chi connectivity index (χ0) is 37.4. The summed E-state index contributed by atoms with van der Waals surface area (Å²) in [4.78, 5) is 10.4. The van der Waals surface area contributed by atoms with Crippen LogP contribution in [0.3, 0.4) is 0 Å². The maximum atomic E-state index is 10.4. The summed E-state index contributed by atoms with van der Waals surface area (Å²) in [5, 5.41) is 8.56. The zero-order valence-electron chi connectivity index (χ0n) is 36.2. The van der Waals surface area contributed by atoms with E-state index in [4.69, 9.17) is 5.11 Å². The molecular formula is C49H100O2. The van der Waals surface area contributed by atoms with Crippen molar-refractivity contribution in [3.8, 4) is 0 Å². The molecule has 0 rings (SSSR count). The first-order valence-electron chi connectivity index (χ1n) is 24.4. The fourth-order valence-electron chi connectivity index (χ4n) is 7.57. The third kappa shape index (κ3) is 56.4. The van der Waals surface area contributed by atoms with Gasteiger partial charge < -0.3 is 5.11 Å². The highest BCUT2D eigenvalue weighted by Crippen LogP contribution is 2.17. The van der Waals surface area contributed by atoms with E-state index in [2.05, 4.69) is 20.8 Å². The summed E-state index contributed by atoms with van der Waals surface area (Å²) in [6, 6.07) is 0. The Kier molecular flexibility index (Phi) is 53.2. The first-order valence-corrected chi connectivity index (χ1v) is 24.4. The molecule has 308 valence electrons. The summed E-state index contributed by atoms with van der Waals surface area (Å²) in [6.07, 6.45) is 63.0. The van der Waals surface area contributed by atoms with Crippen LogP contribution in [0.5, 0.6) is 0 Å². The van der Waals surface area contributed by atoms with Crippen LogP contribution in [-0.4, -0.2) is 11.1 Å². The van der Waals surface area contributed by atoms with Crippen LogP contribution in [0.4, 0.5) is 0 Å². The fourth-order valence-corrected chi connectivity index (χ4v) is 7.57. The predicted octanol–water partition coefficient (Wildman–Crippen LogP) is 18.7. The standard InChI is InChI=1S/C27H56.C22H44O2/c1-3-5-7-9-11-13-15-17-19-21-23-25-27-26-24-22-20-18-16-14-12-10-8-6-4-2;1-2-3-4-5-6-7-8-9-10-11-12-13-14-15-16-17-18-19-20-21-22(23)24/h3-27H2,1-2H3;2-21H2,1H3,(H,23,24). The molecule has 0 aromatic rings. The minimum Gasteiger partial charge on any atom is -0.481 e. The van der Waals surface area contributed by atoms with Gasteiger partial charge in [-0.2, -0.15) is 0 Å². The van der Waals surface area contributed by atoms with E-state index in [0.717, 1.165) is 12.8 Å². The molecule has 0 saturated carbocycles. The molecular weight excluding hydrogens is 621 g/mol. The number of unbranched alkanes of at least 4 members (excludes halogenated alkanes) is 42. The van der Waals surface area contributed by atoms with Gasteiger partial charge in [-0.1, -0.05) is 297 Å². The molecule has 0 spiro atoms. The number of rotatable bonds is 44. The number of hydrogen-bond donors (Lipinski definition) is 1. The van der Waals surface area contributed by atoms with Gasteiger partial charge in [0, 0.05) is 6.42 Å². The van der Waals surface area contributed by atoms with Crippen LogP contribution in [-0.2, 0) is 4.79 Å². The molecule has 0 fully saturated rings. The Hall–Kier alpha value is -0.530. The van der Waals surface area contributed by atoms with Crippen molar-refractivity contribution < 1.29 is 9.90 Å². The molecule has 0 aliphatic heterocycles. The van der Waals surface area contributed by atoms with Crippen molar-refractivity contribution in [2.24, 2.45) is 0 Å². The molecule has 51 heavy (non-hydrogen) atoms. The van der Waals surface area contributed by atoms with Crippen molar-refractivity contribution in [3.63, 3.8) is 0 Å². The highest BCUT2D eigenvalue weighted by Gasteiger charge is 1.98. The lowest BCUT2D eigenvalue weighted by Crippen LogP contribution is -1.93. The van der Waals surface area contributed by atoms with E-state index in [1.54, 1.807) is 0 Å². The summed E-state index contributed by atoms with van der Waals surface area (Å²) in [5.41, 5.74) is 0. The third-order valence-electron chi connectivity index (χ3n) is 11.2. The highest BCUT2D eigenvalue weighted by molar-refractivity contribution is 5.66. The van der Waals surface area contributed by atoms with Crippen molar-refractivity contribution >= 4 is 5.97 Å². The normalized spacial score (nSPS) is 11.2. The van der Waals surface area contributed by atoms with E-state index in [1.165, 1.54) is 270 Å². The summed E-state index contributed by atoms with van der Waals surface area (Å²) >= 11 is 0. The van der Waals surface area contributed by atoms with Gasteiger partial charge in [-0.15, -0.1) is 0 Å². The lowest BCUT2D eigenvalue weighted by atomic mass is 10.0. The third-order valence-corrected chi connectivity index (χ3v) is 11.2. The smallest absolute Gasteiger partial charge is 0.303 e. The summed E-state index contributed by atoms with van der Waals surface area (Å²) < 4.78 is 0. The number of hydrogen-bond acceptors (Lipinski definition) is 1. The molecule has 0 bridgehead atoms. The monoisotopic (exact) mass is 721 g/mol. The van der Waals surface area contributed by atoms with Gasteiger partial charge in [0.1, 0.15) is 0 Å². The largest absolute Gasteiger partial charge is 0.481 e. The second kappa shape index (κ2) is 51.6. The molecule has 0 aromatic heterocycles. The van der Waals surface area contributed by atoms with E-state index < -0.39 is 5.97 Å². The molecule has 0 radical (unpaired) electrons. The first kappa shape index (κ1) is 52.6. The number of carbonyl (C=O) groups is 1. The van der Waals surface area contributed by atoms with Gasteiger partial charge in [0.2, 0.25) is 0 Å². The molecule has 0 aliphatic carbocycles. The molecule has 1 N–H and O–H groups in total. The van der Waals surface area contributed by atoms with Crippen LogP contribution < -0.4 is 0 Å². The van der Waals surface area contributed by atoms with Crippen LogP contribution >= 0.6 is 0 Å². The molecule has 0 aliphatic rings. The van der Waals surface area contributed by atoms with Gasteiger partial charge in [0.15, 0.2) is 0 Å². The molecule has 2 nitrogen and oxygen atoms in total.